The molecule has 1 aliphatic heterocycles. The van der Waals surface area contributed by atoms with Crippen LogP contribution >= 0.6 is 34.8 Å². The summed E-state index contributed by atoms with van der Waals surface area (Å²) in [6, 6.07) is 16.1. The summed E-state index contributed by atoms with van der Waals surface area (Å²) < 4.78 is 11.8. The van der Waals surface area contributed by atoms with Crippen molar-refractivity contribution in [1.29, 1.82) is 5.26 Å². The topological polar surface area (TPSA) is 95.4 Å². The molecule has 1 saturated carbocycles. The number of anilines is 1. The molecule has 2 fully saturated rings. The molecule has 192 valence electrons. The lowest BCUT2D eigenvalue weighted by Crippen LogP contribution is -2.60. The van der Waals surface area contributed by atoms with Gasteiger partial charge >= 0.3 is 0 Å². The zero-order valence-corrected chi connectivity index (χ0v) is 22.3. The molecule has 3 heterocycles. The van der Waals surface area contributed by atoms with Gasteiger partial charge in [-0.2, -0.15) is 5.26 Å². The van der Waals surface area contributed by atoms with Crippen LogP contribution < -0.4 is 9.64 Å². The number of pyridine rings is 1. The van der Waals surface area contributed by atoms with Crippen LogP contribution in [0.25, 0.3) is 11.3 Å². The molecule has 1 saturated heterocycles. The van der Waals surface area contributed by atoms with Crippen LogP contribution in [0.1, 0.15) is 41.2 Å². The van der Waals surface area contributed by atoms with Gasteiger partial charge < -0.3 is 19.3 Å². The molecule has 6 rings (SSSR count). The maximum atomic E-state index is 11.2. The Kier molecular flexibility index (Phi) is 6.45. The minimum Gasteiger partial charge on any atom is -0.489 e. The molecule has 1 N–H and O–H groups in total. The first kappa shape index (κ1) is 25.0. The molecule has 4 aromatic rings. The van der Waals surface area contributed by atoms with Crippen LogP contribution in [0.2, 0.25) is 15.1 Å². The van der Waals surface area contributed by atoms with E-state index in [9.17, 15) is 5.11 Å². The lowest BCUT2D eigenvalue weighted by Gasteiger charge is -2.47. The summed E-state index contributed by atoms with van der Waals surface area (Å²) in [6.07, 6.45) is 3.58. The molecule has 0 atom stereocenters. The molecular formula is C28H21Cl3N4O3. The third kappa shape index (κ3) is 4.59. The minimum atomic E-state index is -1.12. The van der Waals surface area contributed by atoms with Crippen molar-refractivity contribution in [3.63, 3.8) is 0 Å². The molecule has 2 aromatic heterocycles. The molecule has 10 heteroatoms. The first-order valence-electron chi connectivity index (χ1n) is 12.1. The molecule has 0 bridgehead atoms. The molecule has 0 unspecified atom stereocenters. The second-order valence-electron chi connectivity index (χ2n) is 9.58. The summed E-state index contributed by atoms with van der Waals surface area (Å²) >= 11 is 19.5. The van der Waals surface area contributed by atoms with Crippen LogP contribution in [0.5, 0.6) is 5.75 Å². The lowest BCUT2D eigenvalue weighted by atomic mass is 9.86. The second-order valence-corrected chi connectivity index (χ2v) is 10.8. The van der Waals surface area contributed by atoms with Gasteiger partial charge in [0.15, 0.2) is 0 Å². The zero-order chi connectivity index (χ0) is 26.4. The van der Waals surface area contributed by atoms with Crippen molar-refractivity contribution >= 4 is 40.6 Å². The minimum absolute atomic E-state index is 0.199. The Morgan fingerprint density at radius 2 is 1.84 bits per heavy atom. The van der Waals surface area contributed by atoms with Crippen LogP contribution in [-0.4, -0.2) is 28.3 Å². The molecule has 38 heavy (non-hydrogen) atoms. The number of β-amino-alcohol motifs (C(OH)–C–C–N with tert-alkyl or cyclic N) is 1. The van der Waals surface area contributed by atoms with E-state index < -0.39 is 5.60 Å². The highest BCUT2D eigenvalue weighted by atomic mass is 35.5. The highest BCUT2D eigenvalue weighted by Crippen LogP contribution is 2.46. The van der Waals surface area contributed by atoms with Gasteiger partial charge in [0.1, 0.15) is 41.3 Å². The molecule has 0 radical (unpaired) electrons. The zero-order valence-electron chi connectivity index (χ0n) is 20.0. The smallest absolute Gasteiger partial charge is 0.147 e. The number of benzene rings is 2. The van der Waals surface area contributed by atoms with Gasteiger partial charge in [0.2, 0.25) is 0 Å². The third-order valence-corrected chi connectivity index (χ3v) is 7.84. The maximum Gasteiger partial charge on any atom is 0.147 e. The highest BCUT2D eigenvalue weighted by molar-refractivity contribution is 6.39. The maximum absolute atomic E-state index is 11.2. The molecule has 2 aliphatic rings. The summed E-state index contributed by atoms with van der Waals surface area (Å²) in [6.45, 7) is 0.864. The molecule has 7 nitrogen and oxygen atoms in total. The summed E-state index contributed by atoms with van der Waals surface area (Å²) in [5.74, 6) is 2.34. The Hall–Kier alpha value is -3.28. The highest BCUT2D eigenvalue weighted by Gasteiger charge is 2.44. The molecular weight excluding hydrogens is 547 g/mol. The Labute approximate surface area is 234 Å². The normalized spacial score (nSPS) is 16.1. The van der Waals surface area contributed by atoms with E-state index in [1.807, 2.05) is 4.90 Å². The van der Waals surface area contributed by atoms with Gasteiger partial charge in [-0.25, -0.2) is 4.98 Å². The van der Waals surface area contributed by atoms with E-state index in [2.05, 4.69) is 16.2 Å². The van der Waals surface area contributed by atoms with E-state index in [0.717, 1.165) is 24.2 Å². The van der Waals surface area contributed by atoms with Crippen molar-refractivity contribution in [2.24, 2.45) is 0 Å². The average Bonchev–Trinajstić information content (AvgIpc) is 3.66. The van der Waals surface area contributed by atoms with E-state index in [4.69, 9.17) is 49.3 Å². The predicted molar refractivity (Wildman–Crippen MR) is 145 cm³/mol. The monoisotopic (exact) mass is 566 g/mol. The number of aliphatic hydroxyl groups is 1. The number of rotatable bonds is 7. The summed E-state index contributed by atoms with van der Waals surface area (Å²) in [5.41, 5.74) is 1.99. The van der Waals surface area contributed by atoms with Crippen molar-refractivity contribution in [2.45, 2.75) is 31.0 Å². The van der Waals surface area contributed by atoms with Crippen molar-refractivity contribution in [2.75, 3.05) is 18.0 Å². The lowest BCUT2D eigenvalue weighted by molar-refractivity contribution is 0.00712. The van der Waals surface area contributed by atoms with Crippen molar-refractivity contribution in [3.05, 3.63) is 92.2 Å². The average molecular weight is 568 g/mol. The van der Waals surface area contributed by atoms with Gasteiger partial charge in [0.25, 0.3) is 0 Å². The van der Waals surface area contributed by atoms with Gasteiger partial charge in [-0.05, 0) is 49.2 Å². The quantitative estimate of drug-likeness (QED) is 0.264. The molecule has 2 aromatic carbocycles. The molecule has 0 spiro atoms. The van der Waals surface area contributed by atoms with E-state index in [1.165, 1.54) is 6.20 Å². The predicted octanol–water partition coefficient (Wildman–Crippen LogP) is 6.73. The number of hydrogen-bond acceptors (Lipinski definition) is 7. The van der Waals surface area contributed by atoms with Crippen LogP contribution in [0.3, 0.4) is 0 Å². The van der Waals surface area contributed by atoms with Crippen molar-refractivity contribution in [1.82, 2.24) is 10.1 Å². The Morgan fingerprint density at radius 3 is 2.47 bits per heavy atom. The van der Waals surface area contributed by atoms with Crippen LogP contribution in [0.4, 0.5) is 5.82 Å². The fourth-order valence-corrected chi connectivity index (χ4v) is 5.65. The SMILES string of the molecule is N#Cc1ccc(N2CC(O)(c3ccc(OCc4c(-c5c(Cl)cccc5Cl)noc4C4CC4)cc3Cl)C2)nc1. The van der Waals surface area contributed by atoms with Crippen molar-refractivity contribution < 1.29 is 14.4 Å². The first-order valence-corrected chi connectivity index (χ1v) is 13.2. The summed E-state index contributed by atoms with van der Waals surface area (Å²) in [7, 11) is 0. The largest absolute Gasteiger partial charge is 0.489 e. The van der Waals surface area contributed by atoms with E-state index >= 15 is 0 Å². The van der Waals surface area contributed by atoms with Crippen LogP contribution in [-0.2, 0) is 12.2 Å². The number of hydrogen-bond donors (Lipinski definition) is 1. The van der Waals surface area contributed by atoms with Gasteiger partial charge in [-0.1, -0.05) is 52.1 Å². The Balaban J connectivity index is 1.19. The Bertz CT molecular complexity index is 1530. The van der Waals surface area contributed by atoms with Gasteiger partial charge in [-0.3, -0.25) is 0 Å². The number of aromatic nitrogens is 2. The number of nitrogens with zero attached hydrogens (tertiary/aromatic N) is 4. The fraction of sp³-hybridized carbons (Fsp3) is 0.250. The first-order chi connectivity index (χ1) is 18.4. The molecule has 0 amide bonds. The van der Waals surface area contributed by atoms with Crippen LogP contribution in [0.15, 0.2) is 59.3 Å². The van der Waals surface area contributed by atoms with Gasteiger partial charge in [0.05, 0.1) is 39.3 Å². The summed E-state index contributed by atoms with van der Waals surface area (Å²) in [4.78, 5) is 6.21. The van der Waals surface area contributed by atoms with E-state index in [1.54, 1.807) is 48.5 Å². The van der Waals surface area contributed by atoms with Crippen molar-refractivity contribution in [3.8, 4) is 23.1 Å². The number of nitriles is 1. The number of halogens is 3. The fourth-order valence-electron chi connectivity index (χ4n) is 4.72. The third-order valence-electron chi connectivity index (χ3n) is 6.90. The van der Waals surface area contributed by atoms with Gasteiger partial charge in [0, 0.05) is 23.2 Å². The second kappa shape index (κ2) is 9.79. The van der Waals surface area contributed by atoms with Gasteiger partial charge in [-0.15, -0.1) is 0 Å². The molecule has 1 aliphatic carbocycles. The van der Waals surface area contributed by atoms with E-state index in [0.29, 0.717) is 68.0 Å². The standard InChI is InChI=1S/C28H21Cl3N4O3/c29-21-2-1-3-22(30)25(21)26-19(27(38-34-26)17-5-6-17)13-37-18-7-8-20(23(31)10-18)28(36)14-35(15-28)24-9-4-16(11-32)12-33-24/h1-4,7-10,12,17,36H,5-6,13-15H2. The van der Waals surface area contributed by atoms with Crippen LogP contribution in [0, 0.1) is 11.3 Å². The number of ether oxygens (including phenoxy) is 1. The summed E-state index contributed by atoms with van der Waals surface area (Å²) in [5, 5.41) is 25.8. The Morgan fingerprint density at radius 1 is 1.08 bits per heavy atom. The van der Waals surface area contributed by atoms with E-state index in [-0.39, 0.29) is 6.61 Å².